The van der Waals surface area contributed by atoms with Gasteiger partial charge in [-0.1, -0.05) is 43.2 Å². The van der Waals surface area contributed by atoms with Gasteiger partial charge in [-0.05, 0) is 55.2 Å². The first-order valence-corrected chi connectivity index (χ1v) is 13.6. The molecule has 1 saturated carbocycles. The molecule has 10 nitrogen and oxygen atoms in total. The summed E-state index contributed by atoms with van der Waals surface area (Å²) in [4.78, 5) is 40.2. The summed E-state index contributed by atoms with van der Waals surface area (Å²) in [5.41, 5.74) is 8.38. The summed E-state index contributed by atoms with van der Waals surface area (Å²) in [6.07, 6.45) is 7.39. The Labute approximate surface area is 235 Å². The Morgan fingerprint density at radius 3 is 2.56 bits per heavy atom. The molecule has 0 spiro atoms. The number of pyridine rings is 1. The molecular weight excluding hydrogens is 516 g/mol. The molecule has 10 heteroatoms. The van der Waals surface area contributed by atoms with Crippen LogP contribution in [0.4, 0.5) is 11.8 Å². The second-order valence-corrected chi connectivity index (χ2v) is 10.2. The molecule has 0 saturated heterocycles. The topological polar surface area (TPSA) is 145 Å². The number of nitrogens with two attached hydrogens (primary N) is 1. The molecule has 1 aliphatic rings. The van der Waals surface area contributed by atoms with Gasteiger partial charge in [0, 0.05) is 18.3 Å². The summed E-state index contributed by atoms with van der Waals surface area (Å²) in [5, 5.41) is 13.2. The van der Waals surface area contributed by atoms with Gasteiger partial charge in [0.1, 0.15) is 23.3 Å². The maximum absolute atomic E-state index is 14.4. The van der Waals surface area contributed by atoms with Crippen LogP contribution in [0.2, 0.25) is 0 Å². The predicted molar refractivity (Wildman–Crippen MR) is 158 cm³/mol. The molecule has 3 heterocycles. The standard InChI is InChI=1S/C31H28N8O2/c1-19(35-28-21(16-32)17-34-31(33)37-28)29-36-25-13-7-12-24(27(25)30(41)39(29)23-10-3-2-4-11-23)20-14-15-26(40)38(18-20)22-8-5-6-9-22/h2-4,7,10-15,17-19,22H,5-6,8-9H2,1H3,(H3,33,34,35,37)/t19-/m0/s1. The number of benzene rings is 2. The molecule has 1 fully saturated rings. The number of anilines is 2. The molecule has 1 atom stereocenters. The summed E-state index contributed by atoms with van der Waals surface area (Å²) < 4.78 is 3.39. The van der Waals surface area contributed by atoms with Crippen molar-refractivity contribution in [1.29, 1.82) is 5.26 Å². The molecule has 2 aromatic carbocycles. The molecule has 1 aliphatic carbocycles. The lowest BCUT2D eigenvalue weighted by molar-refractivity contribution is 0.503. The van der Waals surface area contributed by atoms with Gasteiger partial charge in [0.2, 0.25) is 5.95 Å². The summed E-state index contributed by atoms with van der Waals surface area (Å²) >= 11 is 0. The van der Waals surface area contributed by atoms with E-state index in [0.717, 1.165) is 31.2 Å². The number of rotatable bonds is 6. The van der Waals surface area contributed by atoms with E-state index in [1.54, 1.807) is 16.7 Å². The third kappa shape index (κ3) is 4.82. The average Bonchev–Trinajstić information content (AvgIpc) is 3.52. The SMILES string of the molecule is C[C@H](Nc1nc(N)ncc1C#N)c1nc2cccc(-c3ccc(=O)n(C4CCCC4)c3)c2c(=O)n1-c1ccccc1. The Balaban J connectivity index is 1.55. The third-order valence-corrected chi connectivity index (χ3v) is 7.57. The van der Waals surface area contributed by atoms with Gasteiger partial charge in [-0.3, -0.25) is 14.2 Å². The van der Waals surface area contributed by atoms with Crippen LogP contribution < -0.4 is 22.2 Å². The zero-order chi connectivity index (χ0) is 28.5. The van der Waals surface area contributed by atoms with Crippen LogP contribution in [-0.2, 0) is 0 Å². The molecule has 6 rings (SSSR count). The van der Waals surface area contributed by atoms with Crippen LogP contribution in [0.1, 0.15) is 56.1 Å². The molecule has 5 aromatic rings. The van der Waals surface area contributed by atoms with Crippen LogP contribution >= 0.6 is 0 Å². The van der Waals surface area contributed by atoms with Gasteiger partial charge in [0.05, 0.1) is 28.8 Å². The zero-order valence-electron chi connectivity index (χ0n) is 22.5. The highest BCUT2D eigenvalue weighted by molar-refractivity contribution is 5.94. The summed E-state index contributed by atoms with van der Waals surface area (Å²) in [6.45, 7) is 1.84. The van der Waals surface area contributed by atoms with Crippen LogP contribution in [-0.4, -0.2) is 24.1 Å². The maximum atomic E-state index is 14.4. The van der Waals surface area contributed by atoms with Crippen molar-refractivity contribution < 1.29 is 0 Å². The van der Waals surface area contributed by atoms with E-state index in [4.69, 9.17) is 10.7 Å². The lowest BCUT2D eigenvalue weighted by Gasteiger charge is -2.21. The van der Waals surface area contributed by atoms with Gasteiger partial charge in [0.25, 0.3) is 11.1 Å². The molecule has 3 N–H and O–H groups in total. The van der Waals surface area contributed by atoms with Gasteiger partial charge >= 0.3 is 0 Å². The van der Waals surface area contributed by atoms with Crippen molar-refractivity contribution in [3.8, 4) is 22.9 Å². The molecule has 0 amide bonds. The molecule has 41 heavy (non-hydrogen) atoms. The van der Waals surface area contributed by atoms with Gasteiger partial charge < -0.3 is 15.6 Å². The highest BCUT2D eigenvalue weighted by atomic mass is 16.1. The highest BCUT2D eigenvalue weighted by Crippen LogP contribution is 2.32. The molecule has 0 aliphatic heterocycles. The number of fused-ring (bicyclic) bond motifs is 1. The van der Waals surface area contributed by atoms with E-state index in [-0.39, 0.29) is 34.5 Å². The fraction of sp³-hybridized carbons (Fsp3) is 0.226. The number of para-hydroxylation sites is 1. The van der Waals surface area contributed by atoms with Crippen molar-refractivity contribution in [2.75, 3.05) is 11.1 Å². The van der Waals surface area contributed by atoms with Crippen molar-refractivity contribution in [2.45, 2.75) is 44.7 Å². The van der Waals surface area contributed by atoms with Crippen molar-refractivity contribution in [2.24, 2.45) is 0 Å². The lowest BCUT2D eigenvalue weighted by Crippen LogP contribution is -2.28. The third-order valence-electron chi connectivity index (χ3n) is 7.57. The van der Waals surface area contributed by atoms with E-state index in [1.165, 1.54) is 6.20 Å². The second kappa shape index (κ2) is 10.7. The fourth-order valence-electron chi connectivity index (χ4n) is 5.59. The minimum Gasteiger partial charge on any atom is -0.368 e. The van der Waals surface area contributed by atoms with Crippen molar-refractivity contribution in [1.82, 2.24) is 24.1 Å². The number of nitrogen functional groups attached to an aromatic ring is 1. The molecule has 0 radical (unpaired) electrons. The first-order valence-electron chi connectivity index (χ1n) is 13.6. The van der Waals surface area contributed by atoms with E-state index >= 15 is 0 Å². The Morgan fingerprint density at radius 2 is 1.80 bits per heavy atom. The smallest absolute Gasteiger partial charge is 0.266 e. The van der Waals surface area contributed by atoms with E-state index in [9.17, 15) is 14.9 Å². The van der Waals surface area contributed by atoms with Crippen LogP contribution in [0, 0.1) is 11.3 Å². The largest absolute Gasteiger partial charge is 0.368 e. The normalized spacial score (nSPS) is 14.1. The monoisotopic (exact) mass is 544 g/mol. The summed E-state index contributed by atoms with van der Waals surface area (Å²) in [6, 6.07) is 19.9. The molecule has 204 valence electrons. The Hall–Kier alpha value is -5.30. The van der Waals surface area contributed by atoms with E-state index < -0.39 is 6.04 Å². The van der Waals surface area contributed by atoms with Crippen molar-refractivity contribution >= 4 is 22.7 Å². The van der Waals surface area contributed by atoms with Crippen LogP contribution in [0.3, 0.4) is 0 Å². The van der Waals surface area contributed by atoms with E-state index in [1.807, 2.05) is 66.2 Å². The van der Waals surface area contributed by atoms with Gasteiger partial charge in [0.15, 0.2) is 0 Å². The number of aromatic nitrogens is 5. The predicted octanol–water partition coefficient (Wildman–Crippen LogP) is 4.75. The van der Waals surface area contributed by atoms with E-state index in [0.29, 0.717) is 28.0 Å². The lowest BCUT2D eigenvalue weighted by atomic mass is 10.0. The molecule has 0 unspecified atom stereocenters. The van der Waals surface area contributed by atoms with Crippen LogP contribution in [0.5, 0.6) is 0 Å². The highest BCUT2D eigenvalue weighted by Gasteiger charge is 2.23. The number of nitrogens with one attached hydrogen (secondary N) is 1. The van der Waals surface area contributed by atoms with Crippen molar-refractivity contribution in [3.05, 3.63) is 105 Å². The first kappa shape index (κ1) is 26.0. The second-order valence-electron chi connectivity index (χ2n) is 10.2. The summed E-state index contributed by atoms with van der Waals surface area (Å²) in [7, 11) is 0. The Bertz CT molecular complexity index is 1920. The number of nitrogens with zero attached hydrogens (tertiary/aromatic N) is 6. The van der Waals surface area contributed by atoms with E-state index in [2.05, 4.69) is 21.4 Å². The van der Waals surface area contributed by atoms with Crippen LogP contribution in [0.15, 0.2) is 82.6 Å². The zero-order valence-corrected chi connectivity index (χ0v) is 22.5. The average molecular weight is 545 g/mol. The fourth-order valence-corrected chi connectivity index (χ4v) is 5.59. The Kier molecular flexibility index (Phi) is 6.77. The Morgan fingerprint density at radius 1 is 1.02 bits per heavy atom. The molecule has 3 aromatic heterocycles. The quantitative estimate of drug-likeness (QED) is 0.312. The first-order chi connectivity index (χ1) is 19.9. The van der Waals surface area contributed by atoms with Gasteiger partial charge in [-0.2, -0.15) is 10.2 Å². The molecular formula is C31H28N8O2. The minimum atomic E-state index is -0.540. The van der Waals surface area contributed by atoms with Crippen molar-refractivity contribution in [3.63, 3.8) is 0 Å². The van der Waals surface area contributed by atoms with Gasteiger partial charge in [-0.15, -0.1) is 0 Å². The summed E-state index contributed by atoms with van der Waals surface area (Å²) in [5.74, 6) is 0.710. The maximum Gasteiger partial charge on any atom is 0.266 e. The van der Waals surface area contributed by atoms with Gasteiger partial charge in [-0.25, -0.2) is 9.97 Å². The number of nitriles is 1. The molecule has 0 bridgehead atoms. The number of hydrogen-bond donors (Lipinski definition) is 2. The minimum absolute atomic E-state index is 0.0224. The number of hydrogen-bond acceptors (Lipinski definition) is 8. The van der Waals surface area contributed by atoms with Crippen LogP contribution in [0.25, 0.3) is 27.7 Å².